The number of hydrogen-bond donors (Lipinski definition) is 2. The first kappa shape index (κ1) is 18.3. The van der Waals surface area contributed by atoms with Gasteiger partial charge in [0.25, 0.3) is 0 Å². The second-order valence-corrected chi connectivity index (χ2v) is 5.38. The van der Waals surface area contributed by atoms with Gasteiger partial charge in [0.2, 0.25) is 0 Å². The van der Waals surface area contributed by atoms with Crippen LogP contribution in [0, 0.1) is 0 Å². The molecule has 0 heterocycles. The third kappa shape index (κ3) is 5.24. The lowest BCUT2D eigenvalue weighted by atomic mass is 10.1. The molecule has 0 saturated carbocycles. The van der Waals surface area contributed by atoms with Crippen molar-refractivity contribution in [1.29, 1.82) is 0 Å². The second-order valence-electron chi connectivity index (χ2n) is 5.38. The van der Waals surface area contributed by atoms with E-state index in [2.05, 4.69) is 10.6 Å². The van der Waals surface area contributed by atoms with Gasteiger partial charge in [-0.3, -0.25) is 9.59 Å². The molecule has 2 aromatic carbocycles. The highest BCUT2D eigenvalue weighted by molar-refractivity contribution is 6.39. The van der Waals surface area contributed by atoms with Gasteiger partial charge in [-0.1, -0.05) is 12.1 Å². The van der Waals surface area contributed by atoms with Crippen LogP contribution in [0.15, 0.2) is 48.5 Å². The molecular weight excluding hydrogens is 320 g/mol. The third-order valence-electron chi connectivity index (χ3n) is 3.59. The summed E-state index contributed by atoms with van der Waals surface area (Å²) >= 11 is 0. The molecule has 0 bridgehead atoms. The first-order valence-corrected chi connectivity index (χ1v) is 8.02. The molecule has 1 unspecified atom stereocenters. The van der Waals surface area contributed by atoms with E-state index in [-0.39, 0.29) is 6.04 Å². The molecule has 0 aliphatic heterocycles. The number of rotatable bonds is 6. The van der Waals surface area contributed by atoms with Gasteiger partial charge in [-0.2, -0.15) is 0 Å². The van der Waals surface area contributed by atoms with Crippen LogP contribution in [0.25, 0.3) is 0 Å². The zero-order valence-electron chi connectivity index (χ0n) is 14.5. The maximum atomic E-state index is 12.1. The fourth-order valence-corrected chi connectivity index (χ4v) is 2.23. The summed E-state index contributed by atoms with van der Waals surface area (Å²) < 4.78 is 10.4. The Hall–Kier alpha value is -3.02. The zero-order chi connectivity index (χ0) is 18.2. The first-order valence-electron chi connectivity index (χ1n) is 8.02. The van der Waals surface area contributed by atoms with Gasteiger partial charge in [0, 0.05) is 5.69 Å². The molecule has 132 valence electrons. The predicted octanol–water partition coefficient (Wildman–Crippen LogP) is 2.91. The average molecular weight is 342 g/mol. The number of carbonyl (C=O) groups excluding carboxylic acids is 2. The van der Waals surface area contributed by atoms with Crippen LogP contribution in [0.2, 0.25) is 0 Å². The normalized spacial score (nSPS) is 11.3. The van der Waals surface area contributed by atoms with E-state index in [1.54, 1.807) is 43.5 Å². The zero-order valence-corrected chi connectivity index (χ0v) is 14.5. The molecule has 0 aliphatic rings. The predicted molar refractivity (Wildman–Crippen MR) is 95.8 cm³/mol. The van der Waals surface area contributed by atoms with E-state index in [9.17, 15) is 9.59 Å². The van der Waals surface area contributed by atoms with E-state index in [1.807, 2.05) is 26.0 Å². The Kier molecular flexibility index (Phi) is 6.39. The highest BCUT2D eigenvalue weighted by Crippen LogP contribution is 2.18. The van der Waals surface area contributed by atoms with Crippen molar-refractivity contribution in [2.24, 2.45) is 0 Å². The van der Waals surface area contributed by atoms with Gasteiger partial charge in [-0.25, -0.2) is 0 Å². The Labute approximate surface area is 147 Å². The number of methoxy groups -OCH3 is 1. The van der Waals surface area contributed by atoms with Crippen molar-refractivity contribution in [2.75, 3.05) is 19.0 Å². The topological polar surface area (TPSA) is 76.7 Å². The number of amides is 2. The lowest BCUT2D eigenvalue weighted by Crippen LogP contribution is -2.36. The van der Waals surface area contributed by atoms with Crippen LogP contribution in [0.5, 0.6) is 11.5 Å². The van der Waals surface area contributed by atoms with Gasteiger partial charge in [0.15, 0.2) is 0 Å². The molecule has 2 rings (SSSR count). The van der Waals surface area contributed by atoms with Gasteiger partial charge in [0.1, 0.15) is 11.5 Å². The van der Waals surface area contributed by atoms with Gasteiger partial charge in [0.05, 0.1) is 19.8 Å². The SMILES string of the molecule is CCOc1ccc(NC(=O)C(=O)NC(C)c2ccc(OC)cc2)cc1. The van der Waals surface area contributed by atoms with E-state index in [0.29, 0.717) is 18.0 Å². The summed E-state index contributed by atoms with van der Waals surface area (Å²) in [4.78, 5) is 24.1. The van der Waals surface area contributed by atoms with Crippen LogP contribution in [0.3, 0.4) is 0 Å². The summed E-state index contributed by atoms with van der Waals surface area (Å²) in [5, 5.41) is 5.23. The van der Waals surface area contributed by atoms with Gasteiger partial charge < -0.3 is 20.1 Å². The number of benzene rings is 2. The smallest absolute Gasteiger partial charge is 0.313 e. The lowest BCUT2D eigenvalue weighted by molar-refractivity contribution is -0.136. The Morgan fingerprint density at radius 1 is 0.960 bits per heavy atom. The summed E-state index contributed by atoms with van der Waals surface area (Å²) in [6.45, 7) is 4.27. The molecule has 0 fully saturated rings. The number of nitrogens with one attached hydrogen (secondary N) is 2. The molecule has 25 heavy (non-hydrogen) atoms. The number of anilines is 1. The summed E-state index contributed by atoms with van der Waals surface area (Å²) in [6.07, 6.45) is 0. The Bertz CT molecular complexity index is 711. The Balaban J connectivity index is 1.91. The summed E-state index contributed by atoms with van der Waals surface area (Å²) in [5.74, 6) is 0.0234. The van der Waals surface area contributed by atoms with E-state index >= 15 is 0 Å². The van der Waals surface area contributed by atoms with Crippen LogP contribution in [-0.4, -0.2) is 25.5 Å². The maximum Gasteiger partial charge on any atom is 0.313 e. The van der Waals surface area contributed by atoms with Crippen LogP contribution in [0.1, 0.15) is 25.5 Å². The molecule has 2 amide bonds. The minimum atomic E-state index is -0.718. The monoisotopic (exact) mass is 342 g/mol. The fraction of sp³-hybridized carbons (Fsp3) is 0.263. The summed E-state index contributed by atoms with van der Waals surface area (Å²) in [6, 6.07) is 13.8. The molecule has 0 aromatic heterocycles. The minimum absolute atomic E-state index is 0.301. The molecule has 0 spiro atoms. The highest BCUT2D eigenvalue weighted by atomic mass is 16.5. The molecule has 6 nitrogen and oxygen atoms in total. The van der Waals surface area contributed by atoms with Crippen molar-refractivity contribution >= 4 is 17.5 Å². The molecule has 1 atom stereocenters. The number of hydrogen-bond acceptors (Lipinski definition) is 4. The summed E-state index contributed by atoms with van der Waals surface area (Å²) in [7, 11) is 1.59. The molecule has 0 radical (unpaired) electrons. The fourth-order valence-electron chi connectivity index (χ4n) is 2.23. The van der Waals surface area contributed by atoms with Crippen molar-refractivity contribution < 1.29 is 19.1 Å². The lowest BCUT2D eigenvalue weighted by Gasteiger charge is -2.14. The Morgan fingerprint density at radius 3 is 2.12 bits per heavy atom. The molecule has 0 saturated heterocycles. The number of carbonyl (C=O) groups is 2. The van der Waals surface area contributed by atoms with Gasteiger partial charge in [-0.15, -0.1) is 0 Å². The highest BCUT2D eigenvalue weighted by Gasteiger charge is 2.17. The van der Waals surface area contributed by atoms with E-state index in [0.717, 1.165) is 11.3 Å². The third-order valence-corrected chi connectivity index (χ3v) is 3.59. The van der Waals surface area contributed by atoms with E-state index in [4.69, 9.17) is 9.47 Å². The van der Waals surface area contributed by atoms with Crippen LogP contribution in [0.4, 0.5) is 5.69 Å². The van der Waals surface area contributed by atoms with E-state index < -0.39 is 11.8 Å². The van der Waals surface area contributed by atoms with Crippen LogP contribution < -0.4 is 20.1 Å². The van der Waals surface area contributed by atoms with Crippen molar-refractivity contribution in [1.82, 2.24) is 5.32 Å². The van der Waals surface area contributed by atoms with Crippen molar-refractivity contribution in [3.8, 4) is 11.5 Å². The van der Waals surface area contributed by atoms with Crippen molar-refractivity contribution in [2.45, 2.75) is 19.9 Å². The maximum absolute atomic E-state index is 12.1. The largest absolute Gasteiger partial charge is 0.497 e. The van der Waals surface area contributed by atoms with Crippen molar-refractivity contribution in [3.63, 3.8) is 0 Å². The molecule has 6 heteroatoms. The first-order chi connectivity index (χ1) is 12.0. The van der Waals surface area contributed by atoms with Crippen molar-refractivity contribution in [3.05, 3.63) is 54.1 Å². The van der Waals surface area contributed by atoms with Gasteiger partial charge in [-0.05, 0) is 55.8 Å². The molecule has 0 aliphatic carbocycles. The van der Waals surface area contributed by atoms with Gasteiger partial charge >= 0.3 is 11.8 Å². The van der Waals surface area contributed by atoms with E-state index in [1.165, 1.54) is 0 Å². The average Bonchev–Trinajstić information content (AvgIpc) is 2.63. The number of ether oxygens (including phenoxy) is 2. The van der Waals surface area contributed by atoms with Crippen LogP contribution in [-0.2, 0) is 9.59 Å². The quantitative estimate of drug-likeness (QED) is 0.792. The van der Waals surface area contributed by atoms with Crippen LogP contribution >= 0.6 is 0 Å². The summed E-state index contributed by atoms with van der Waals surface area (Å²) in [5.41, 5.74) is 1.41. The minimum Gasteiger partial charge on any atom is -0.497 e. The molecule has 2 aromatic rings. The second kappa shape index (κ2) is 8.73. The standard InChI is InChI=1S/C19H22N2O4/c1-4-25-17-11-7-15(8-12-17)21-19(23)18(22)20-13(2)14-5-9-16(24-3)10-6-14/h5-13H,4H2,1-3H3,(H,20,22)(H,21,23). The molecular formula is C19H22N2O4. The Morgan fingerprint density at radius 2 is 1.56 bits per heavy atom. The molecule has 2 N–H and O–H groups in total.